The van der Waals surface area contributed by atoms with E-state index in [4.69, 9.17) is 10.5 Å². The number of hydrogen-bond acceptors (Lipinski definition) is 3. The summed E-state index contributed by atoms with van der Waals surface area (Å²) in [5.41, 5.74) is 10.8. The van der Waals surface area contributed by atoms with Crippen molar-refractivity contribution < 1.29 is 4.74 Å². The largest absolute Gasteiger partial charge is 0.471 e. The number of nitrogen functional groups attached to an aromatic ring is 1. The standard InChI is InChI=1S/C14H19N3O/c1-9-5-10(2)7-13(6-9)18-8-17-12(4)14(15)11(3)16-17/h5-7H,8,15H2,1-4H3. The van der Waals surface area contributed by atoms with Gasteiger partial charge in [-0.1, -0.05) is 6.07 Å². The average Bonchev–Trinajstić information content (AvgIpc) is 2.53. The molecule has 1 heterocycles. The lowest BCUT2D eigenvalue weighted by Crippen LogP contribution is -2.09. The van der Waals surface area contributed by atoms with Crippen LogP contribution >= 0.6 is 0 Å². The summed E-state index contributed by atoms with van der Waals surface area (Å²) in [5, 5.41) is 4.34. The minimum absolute atomic E-state index is 0.382. The van der Waals surface area contributed by atoms with E-state index in [1.165, 1.54) is 11.1 Å². The highest BCUT2D eigenvalue weighted by molar-refractivity contribution is 5.46. The van der Waals surface area contributed by atoms with Crippen molar-refractivity contribution in [2.45, 2.75) is 34.4 Å². The molecule has 0 atom stereocenters. The zero-order chi connectivity index (χ0) is 13.3. The van der Waals surface area contributed by atoms with Gasteiger partial charge < -0.3 is 10.5 Å². The molecule has 2 rings (SSSR count). The fraction of sp³-hybridized carbons (Fsp3) is 0.357. The van der Waals surface area contributed by atoms with Crippen molar-refractivity contribution in [1.82, 2.24) is 9.78 Å². The first-order chi connectivity index (χ1) is 8.47. The topological polar surface area (TPSA) is 53.1 Å². The van der Waals surface area contributed by atoms with E-state index in [9.17, 15) is 0 Å². The second-order valence-electron chi connectivity index (χ2n) is 4.68. The molecule has 4 heteroatoms. The Labute approximate surface area is 107 Å². The highest BCUT2D eigenvalue weighted by Crippen LogP contribution is 2.18. The first-order valence-corrected chi connectivity index (χ1v) is 5.98. The van der Waals surface area contributed by atoms with Gasteiger partial charge in [-0.3, -0.25) is 0 Å². The van der Waals surface area contributed by atoms with Crippen LogP contribution in [0.4, 0.5) is 5.69 Å². The lowest BCUT2D eigenvalue weighted by atomic mass is 10.1. The van der Waals surface area contributed by atoms with Crippen LogP contribution in [-0.4, -0.2) is 9.78 Å². The van der Waals surface area contributed by atoms with Crippen LogP contribution in [0.15, 0.2) is 18.2 Å². The Balaban J connectivity index is 2.13. The second kappa shape index (κ2) is 4.72. The highest BCUT2D eigenvalue weighted by atomic mass is 16.5. The SMILES string of the molecule is Cc1cc(C)cc(OCn2nc(C)c(N)c2C)c1. The number of ether oxygens (including phenoxy) is 1. The molecular weight excluding hydrogens is 226 g/mol. The number of aryl methyl sites for hydroxylation is 3. The molecule has 0 saturated heterocycles. The van der Waals surface area contributed by atoms with E-state index in [1.807, 2.05) is 26.0 Å². The third-order valence-corrected chi connectivity index (χ3v) is 2.99. The summed E-state index contributed by atoms with van der Waals surface area (Å²) < 4.78 is 7.53. The predicted octanol–water partition coefficient (Wildman–Crippen LogP) is 2.74. The van der Waals surface area contributed by atoms with E-state index < -0.39 is 0 Å². The molecule has 0 aliphatic carbocycles. The zero-order valence-corrected chi connectivity index (χ0v) is 11.3. The fourth-order valence-corrected chi connectivity index (χ4v) is 1.99. The molecule has 0 aliphatic rings. The molecular formula is C14H19N3O. The van der Waals surface area contributed by atoms with Gasteiger partial charge >= 0.3 is 0 Å². The quantitative estimate of drug-likeness (QED) is 0.904. The van der Waals surface area contributed by atoms with Gasteiger partial charge in [0, 0.05) is 0 Å². The third kappa shape index (κ3) is 2.47. The summed E-state index contributed by atoms with van der Waals surface area (Å²) in [4.78, 5) is 0. The van der Waals surface area contributed by atoms with Gasteiger partial charge in [-0.15, -0.1) is 0 Å². The van der Waals surface area contributed by atoms with Crippen LogP contribution in [0.25, 0.3) is 0 Å². The van der Waals surface area contributed by atoms with E-state index in [-0.39, 0.29) is 0 Å². The Morgan fingerprint density at radius 1 is 1.11 bits per heavy atom. The molecule has 1 aromatic carbocycles. The Morgan fingerprint density at radius 2 is 1.72 bits per heavy atom. The minimum atomic E-state index is 0.382. The molecule has 0 unspecified atom stereocenters. The zero-order valence-electron chi connectivity index (χ0n) is 11.3. The van der Waals surface area contributed by atoms with Crippen molar-refractivity contribution in [3.8, 4) is 5.75 Å². The molecule has 0 bridgehead atoms. The van der Waals surface area contributed by atoms with Gasteiger partial charge in [-0.2, -0.15) is 5.10 Å². The molecule has 0 aliphatic heterocycles. The molecule has 0 spiro atoms. The number of anilines is 1. The van der Waals surface area contributed by atoms with E-state index in [1.54, 1.807) is 4.68 Å². The normalized spacial score (nSPS) is 10.7. The molecule has 96 valence electrons. The lowest BCUT2D eigenvalue weighted by molar-refractivity contribution is 0.217. The van der Waals surface area contributed by atoms with Crippen molar-refractivity contribution in [2.24, 2.45) is 0 Å². The van der Waals surface area contributed by atoms with E-state index in [2.05, 4.69) is 25.0 Å². The molecule has 0 radical (unpaired) electrons. The maximum atomic E-state index is 5.88. The maximum Gasteiger partial charge on any atom is 0.181 e. The Morgan fingerprint density at radius 3 is 2.22 bits per heavy atom. The third-order valence-electron chi connectivity index (χ3n) is 2.99. The van der Waals surface area contributed by atoms with Crippen LogP contribution in [0.2, 0.25) is 0 Å². The Kier molecular flexibility index (Phi) is 3.28. The number of nitrogens with zero attached hydrogens (tertiary/aromatic N) is 2. The molecule has 1 aromatic heterocycles. The van der Waals surface area contributed by atoms with Crippen LogP contribution in [0.1, 0.15) is 22.5 Å². The van der Waals surface area contributed by atoms with E-state index in [0.717, 1.165) is 22.8 Å². The number of rotatable bonds is 3. The Bertz CT molecular complexity index is 552. The highest BCUT2D eigenvalue weighted by Gasteiger charge is 2.08. The van der Waals surface area contributed by atoms with Gasteiger partial charge in [0.05, 0.1) is 17.1 Å². The summed E-state index contributed by atoms with van der Waals surface area (Å²) in [7, 11) is 0. The minimum Gasteiger partial charge on any atom is -0.471 e. The summed E-state index contributed by atoms with van der Waals surface area (Å²) in [6.45, 7) is 8.34. The first-order valence-electron chi connectivity index (χ1n) is 5.98. The number of nitrogens with two attached hydrogens (primary N) is 1. The summed E-state index contributed by atoms with van der Waals surface area (Å²) in [6, 6.07) is 6.15. The number of hydrogen-bond donors (Lipinski definition) is 1. The van der Waals surface area contributed by atoms with E-state index >= 15 is 0 Å². The van der Waals surface area contributed by atoms with Crippen molar-refractivity contribution in [3.05, 3.63) is 40.7 Å². The molecule has 18 heavy (non-hydrogen) atoms. The molecule has 2 aromatic rings. The van der Waals surface area contributed by atoms with Crippen LogP contribution in [0.3, 0.4) is 0 Å². The van der Waals surface area contributed by atoms with Crippen LogP contribution in [0.5, 0.6) is 5.75 Å². The van der Waals surface area contributed by atoms with Crippen molar-refractivity contribution in [1.29, 1.82) is 0 Å². The summed E-state index contributed by atoms with van der Waals surface area (Å²) >= 11 is 0. The van der Waals surface area contributed by atoms with Gasteiger partial charge in [0.2, 0.25) is 0 Å². The molecule has 0 amide bonds. The smallest absolute Gasteiger partial charge is 0.181 e. The average molecular weight is 245 g/mol. The van der Waals surface area contributed by atoms with Gasteiger partial charge in [-0.05, 0) is 51.0 Å². The fourth-order valence-electron chi connectivity index (χ4n) is 1.99. The monoisotopic (exact) mass is 245 g/mol. The van der Waals surface area contributed by atoms with Crippen LogP contribution in [0, 0.1) is 27.7 Å². The summed E-state index contributed by atoms with van der Waals surface area (Å²) in [5.74, 6) is 0.860. The van der Waals surface area contributed by atoms with Gasteiger partial charge in [0.25, 0.3) is 0 Å². The van der Waals surface area contributed by atoms with Gasteiger partial charge in [-0.25, -0.2) is 4.68 Å². The van der Waals surface area contributed by atoms with Crippen molar-refractivity contribution >= 4 is 5.69 Å². The van der Waals surface area contributed by atoms with Crippen LogP contribution < -0.4 is 10.5 Å². The van der Waals surface area contributed by atoms with Gasteiger partial charge in [0.15, 0.2) is 6.73 Å². The molecule has 2 N–H and O–H groups in total. The first kappa shape index (κ1) is 12.5. The second-order valence-corrected chi connectivity index (χ2v) is 4.68. The van der Waals surface area contributed by atoms with Gasteiger partial charge in [0.1, 0.15) is 5.75 Å². The summed E-state index contributed by atoms with van der Waals surface area (Å²) in [6.07, 6.45) is 0. The lowest BCUT2D eigenvalue weighted by Gasteiger charge is -2.09. The van der Waals surface area contributed by atoms with Crippen LogP contribution in [-0.2, 0) is 6.73 Å². The maximum absolute atomic E-state index is 5.88. The predicted molar refractivity (Wildman–Crippen MR) is 72.7 cm³/mol. The molecule has 4 nitrogen and oxygen atoms in total. The van der Waals surface area contributed by atoms with E-state index in [0.29, 0.717) is 6.73 Å². The van der Waals surface area contributed by atoms with Crippen molar-refractivity contribution in [2.75, 3.05) is 5.73 Å². The number of aromatic nitrogens is 2. The molecule has 0 saturated carbocycles. The number of benzene rings is 1. The Hall–Kier alpha value is -1.97. The molecule has 0 fully saturated rings. The van der Waals surface area contributed by atoms with Crippen molar-refractivity contribution in [3.63, 3.8) is 0 Å².